The molecule has 1 aliphatic rings. The SMILES string of the molecule is CC(CNC(=O)C1(C(=O)O)C(C)(C)C1(C)C)C(=O)O. The van der Waals surface area contributed by atoms with Gasteiger partial charge in [0.15, 0.2) is 5.41 Å². The molecule has 1 unspecified atom stereocenters. The van der Waals surface area contributed by atoms with E-state index in [4.69, 9.17) is 5.11 Å². The fourth-order valence-electron chi connectivity index (χ4n) is 2.98. The summed E-state index contributed by atoms with van der Waals surface area (Å²) in [7, 11) is 0. The molecule has 1 saturated carbocycles. The van der Waals surface area contributed by atoms with E-state index in [0.29, 0.717) is 0 Å². The number of carbonyl (C=O) groups is 3. The molecule has 1 fully saturated rings. The summed E-state index contributed by atoms with van der Waals surface area (Å²) in [6.07, 6.45) is 0. The van der Waals surface area contributed by atoms with E-state index in [2.05, 4.69) is 5.32 Å². The molecule has 0 aliphatic heterocycles. The number of rotatable bonds is 5. The molecule has 1 amide bonds. The molecule has 0 heterocycles. The zero-order valence-corrected chi connectivity index (χ0v) is 11.9. The normalized spacial score (nSPS) is 23.2. The van der Waals surface area contributed by atoms with E-state index in [1.807, 2.05) is 0 Å². The Morgan fingerprint density at radius 1 is 1.05 bits per heavy atom. The highest BCUT2D eigenvalue weighted by atomic mass is 16.4. The van der Waals surface area contributed by atoms with Crippen LogP contribution in [-0.2, 0) is 14.4 Å². The summed E-state index contributed by atoms with van der Waals surface area (Å²) in [5.74, 6) is -3.55. The van der Waals surface area contributed by atoms with Crippen LogP contribution in [0.1, 0.15) is 34.6 Å². The van der Waals surface area contributed by atoms with Gasteiger partial charge in [-0.15, -0.1) is 0 Å². The van der Waals surface area contributed by atoms with Crippen LogP contribution in [0.4, 0.5) is 0 Å². The maximum absolute atomic E-state index is 12.2. The first-order chi connectivity index (χ1) is 8.44. The summed E-state index contributed by atoms with van der Waals surface area (Å²) >= 11 is 0. The number of nitrogens with one attached hydrogen (secondary N) is 1. The second kappa shape index (κ2) is 4.21. The lowest BCUT2D eigenvalue weighted by atomic mass is 9.93. The number of carbonyl (C=O) groups excluding carboxylic acids is 1. The number of amides is 1. The van der Waals surface area contributed by atoms with Gasteiger partial charge in [0.05, 0.1) is 5.92 Å². The third kappa shape index (κ3) is 1.73. The van der Waals surface area contributed by atoms with E-state index in [-0.39, 0.29) is 6.54 Å². The van der Waals surface area contributed by atoms with Crippen LogP contribution in [0.25, 0.3) is 0 Å². The Balaban J connectivity index is 2.91. The fourth-order valence-corrected chi connectivity index (χ4v) is 2.98. The van der Waals surface area contributed by atoms with Gasteiger partial charge in [-0.3, -0.25) is 14.4 Å². The highest BCUT2D eigenvalue weighted by Crippen LogP contribution is 2.77. The Kier molecular flexibility index (Phi) is 3.43. The van der Waals surface area contributed by atoms with Gasteiger partial charge < -0.3 is 15.5 Å². The number of carboxylic acid groups (broad SMARTS) is 2. The average Bonchev–Trinajstić information content (AvgIpc) is 2.61. The van der Waals surface area contributed by atoms with Gasteiger partial charge in [-0.05, 0) is 10.8 Å². The maximum Gasteiger partial charge on any atom is 0.320 e. The van der Waals surface area contributed by atoms with Gasteiger partial charge in [-0.25, -0.2) is 0 Å². The van der Waals surface area contributed by atoms with Crippen molar-refractivity contribution in [2.24, 2.45) is 22.2 Å². The average molecular weight is 271 g/mol. The third-order valence-corrected chi connectivity index (χ3v) is 5.03. The smallest absolute Gasteiger partial charge is 0.320 e. The molecule has 19 heavy (non-hydrogen) atoms. The molecular formula is C13H21NO5. The highest BCUT2D eigenvalue weighted by molar-refractivity contribution is 6.08. The van der Waals surface area contributed by atoms with Crippen LogP contribution in [0.15, 0.2) is 0 Å². The van der Waals surface area contributed by atoms with Crippen molar-refractivity contribution in [3.63, 3.8) is 0 Å². The lowest BCUT2D eigenvalue weighted by molar-refractivity contribution is -0.152. The first-order valence-electron chi connectivity index (χ1n) is 6.19. The number of aliphatic carboxylic acids is 2. The van der Waals surface area contributed by atoms with Crippen LogP contribution < -0.4 is 5.32 Å². The molecule has 108 valence electrons. The van der Waals surface area contributed by atoms with Gasteiger partial charge in [-0.1, -0.05) is 34.6 Å². The summed E-state index contributed by atoms with van der Waals surface area (Å²) in [4.78, 5) is 34.5. The van der Waals surface area contributed by atoms with Gasteiger partial charge >= 0.3 is 11.9 Å². The summed E-state index contributed by atoms with van der Waals surface area (Å²) in [6.45, 7) is 8.33. The highest BCUT2D eigenvalue weighted by Gasteiger charge is 2.85. The van der Waals surface area contributed by atoms with Crippen LogP contribution in [-0.4, -0.2) is 34.6 Å². The van der Waals surface area contributed by atoms with E-state index in [9.17, 15) is 19.5 Å². The molecule has 6 nitrogen and oxygen atoms in total. The van der Waals surface area contributed by atoms with Crippen molar-refractivity contribution < 1.29 is 24.6 Å². The minimum absolute atomic E-state index is 0.0741. The number of hydrogen-bond acceptors (Lipinski definition) is 3. The van der Waals surface area contributed by atoms with Gasteiger partial charge in [0.1, 0.15) is 0 Å². The Hall–Kier alpha value is -1.59. The van der Waals surface area contributed by atoms with Crippen molar-refractivity contribution >= 4 is 17.8 Å². The molecular weight excluding hydrogens is 250 g/mol. The third-order valence-electron chi connectivity index (χ3n) is 5.03. The molecule has 6 heteroatoms. The van der Waals surface area contributed by atoms with Crippen molar-refractivity contribution in [1.82, 2.24) is 5.32 Å². The maximum atomic E-state index is 12.2. The zero-order chi connectivity index (χ0) is 15.2. The first kappa shape index (κ1) is 15.5. The summed E-state index contributed by atoms with van der Waals surface area (Å²) < 4.78 is 0. The lowest BCUT2D eigenvalue weighted by Gasteiger charge is -2.17. The van der Waals surface area contributed by atoms with Gasteiger partial charge in [0, 0.05) is 6.54 Å². The van der Waals surface area contributed by atoms with Crippen LogP contribution in [0.3, 0.4) is 0 Å². The molecule has 3 N–H and O–H groups in total. The molecule has 0 radical (unpaired) electrons. The molecule has 0 aromatic carbocycles. The van der Waals surface area contributed by atoms with Gasteiger partial charge in [0.25, 0.3) is 0 Å². The fraction of sp³-hybridized carbons (Fsp3) is 0.769. The van der Waals surface area contributed by atoms with E-state index in [1.54, 1.807) is 27.7 Å². The van der Waals surface area contributed by atoms with Crippen molar-refractivity contribution in [2.45, 2.75) is 34.6 Å². The van der Waals surface area contributed by atoms with Crippen molar-refractivity contribution in [1.29, 1.82) is 0 Å². The molecule has 0 aromatic heterocycles. The van der Waals surface area contributed by atoms with Crippen LogP contribution in [0.2, 0.25) is 0 Å². The monoisotopic (exact) mass is 271 g/mol. The minimum Gasteiger partial charge on any atom is -0.481 e. The molecule has 1 aliphatic carbocycles. The topological polar surface area (TPSA) is 104 Å². The van der Waals surface area contributed by atoms with Crippen molar-refractivity contribution in [2.75, 3.05) is 6.54 Å². The molecule has 1 atom stereocenters. The van der Waals surface area contributed by atoms with Crippen LogP contribution >= 0.6 is 0 Å². The Labute approximate surface area is 112 Å². The van der Waals surface area contributed by atoms with Gasteiger partial charge in [0.2, 0.25) is 5.91 Å². The molecule has 0 saturated heterocycles. The lowest BCUT2D eigenvalue weighted by Crippen LogP contribution is -2.43. The summed E-state index contributed by atoms with van der Waals surface area (Å²) in [6, 6.07) is 0. The number of carboxylic acids is 2. The first-order valence-corrected chi connectivity index (χ1v) is 6.19. The molecule has 0 spiro atoms. The molecule has 0 bridgehead atoms. The van der Waals surface area contributed by atoms with Gasteiger partial charge in [-0.2, -0.15) is 0 Å². The quantitative estimate of drug-likeness (QED) is 0.646. The second-order valence-corrected chi connectivity index (χ2v) is 6.25. The standard InChI is InChI=1S/C13H21NO5/c1-7(8(15)16)6-14-9(17)13(10(18)19)11(2,3)12(13,4)5/h7H,6H2,1-5H3,(H,14,17)(H,15,16)(H,18,19). The Morgan fingerprint density at radius 2 is 1.47 bits per heavy atom. The summed E-state index contributed by atoms with van der Waals surface area (Å²) in [5.41, 5.74) is -2.86. The predicted molar refractivity (Wildman–Crippen MR) is 67.4 cm³/mol. The molecule has 0 aromatic rings. The largest absolute Gasteiger partial charge is 0.481 e. The Bertz CT molecular complexity index is 424. The van der Waals surface area contributed by atoms with E-state index >= 15 is 0 Å². The summed E-state index contributed by atoms with van der Waals surface area (Å²) in [5, 5.41) is 20.7. The zero-order valence-electron chi connectivity index (χ0n) is 11.9. The second-order valence-electron chi connectivity index (χ2n) is 6.25. The molecule has 1 rings (SSSR count). The van der Waals surface area contributed by atoms with Crippen LogP contribution in [0.5, 0.6) is 0 Å². The predicted octanol–water partition coefficient (Wildman–Crippen LogP) is 0.960. The van der Waals surface area contributed by atoms with Crippen molar-refractivity contribution in [3.8, 4) is 0 Å². The van der Waals surface area contributed by atoms with E-state index in [0.717, 1.165) is 0 Å². The van der Waals surface area contributed by atoms with E-state index in [1.165, 1.54) is 6.92 Å². The number of hydrogen-bond donors (Lipinski definition) is 3. The van der Waals surface area contributed by atoms with E-state index < -0.39 is 40.0 Å². The minimum atomic E-state index is -1.50. The van der Waals surface area contributed by atoms with Crippen molar-refractivity contribution in [3.05, 3.63) is 0 Å². The van der Waals surface area contributed by atoms with Crippen LogP contribution in [0, 0.1) is 22.2 Å². The Morgan fingerprint density at radius 3 is 1.74 bits per heavy atom.